The number of fused-ring (bicyclic) bond motifs is 5. The topological polar surface area (TPSA) is 113 Å². The maximum atomic E-state index is 14.0. The lowest BCUT2D eigenvalue weighted by atomic mass is 9.94. The monoisotopic (exact) mass is 593 g/mol. The summed E-state index contributed by atoms with van der Waals surface area (Å²) in [5, 5.41) is 4.32. The summed E-state index contributed by atoms with van der Waals surface area (Å²) < 4.78 is 7.56. The van der Waals surface area contributed by atoms with E-state index in [1.807, 2.05) is 61.3 Å². The molecule has 7 rings (SSSR count). The van der Waals surface area contributed by atoms with Crippen LogP contribution in [0.3, 0.4) is 0 Å². The maximum absolute atomic E-state index is 14.0. The van der Waals surface area contributed by atoms with Gasteiger partial charge in [0.25, 0.3) is 5.91 Å². The number of aromatic nitrogens is 3. The van der Waals surface area contributed by atoms with Crippen LogP contribution < -0.4 is 10.2 Å². The molecule has 1 aromatic carbocycles. The third-order valence-electron chi connectivity index (χ3n) is 8.58. The molecule has 11 nitrogen and oxygen atoms in total. The van der Waals surface area contributed by atoms with Gasteiger partial charge in [0.2, 0.25) is 5.91 Å². The Kier molecular flexibility index (Phi) is 6.38. The molecule has 1 N–H and O–H groups in total. The van der Waals surface area contributed by atoms with E-state index in [0.29, 0.717) is 23.6 Å². The summed E-state index contributed by atoms with van der Waals surface area (Å²) in [6.07, 6.45) is 4.82. The smallest absolute Gasteiger partial charge is 0.417 e. The minimum atomic E-state index is -0.758. The fourth-order valence-corrected chi connectivity index (χ4v) is 6.59. The normalized spacial score (nSPS) is 17.9. The summed E-state index contributed by atoms with van der Waals surface area (Å²) in [6, 6.07) is 11.5. The standard InChI is InChI=1S/C33H35N7O4/c1-33(2,3)44-32(43)40-17-22-19(20-12-14-34-29-21(20)13-16-37(29)4)8-9-23(28(22)31(40)42)35-27-11-10-25-24(36-27)18-38(5)30(41)26-7-6-15-39(25)26/h8-14,16,26H,6-7,15,17-18H2,1-5H3,(H,35,36)/t26-/m0/s1. The van der Waals surface area contributed by atoms with Crippen LogP contribution in [0.1, 0.15) is 55.2 Å². The van der Waals surface area contributed by atoms with Gasteiger partial charge < -0.3 is 24.4 Å². The van der Waals surface area contributed by atoms with Crippen LogP contribution in [-0.4, -0.2) is 67.5 Å². The molecule has 0 spiro atoms. The van der Waals surface area contributed by atoms with Crippen molar-refractivity contribution in [3.8, 4) is 11.1 Å². The molecular weight excluding hydrogens is 558 g/mol. The van der Waals surface area contributed by atoms with Gasteiger partial charge in [0.1, 0.15) is 23.1 Å². The van der Waals surface area contributed by atoms with Gasteiger partial charge in [0.05, 0.1) is 35.7 Å². The third-order valence-corrected chi connectivity index (χ3v) is 8.58. The Balaban J connectivity index is 1.31. The Morgan fingerprint density at radius 3 is 2.64 bits per heavy atom. The molecule has 1 fully saturated rings. The Labute approximate surface area is 255 Å². The fraction of sp³-hybridized carbons (Fsp3) is 0.364. The molecule has 0 radical (unpaired) electrons. The number of anilines is 3. The number of benzene rings is 1. The third kappa shape index (κ3) is 4.54. The largest absolute Gasteiger partial charge is 0.443 e. The zero-order valence-corrected chi connectivity index (χ0v) is 25.5. The SMILES string of the molecule is CN1Cc2nc(Nc3ccc(-c4ccnc5c4ccn5C)c4c3C(=O)N(C(=O)OC(C)(C)C)C4)ccc2N2CCC[C@H]2C1=O. The number of carbonyl (C=O) groups is 3. The number of amides is 3. The van der Waals surface area contributed by atoms with Crippen molar-refractivity contribution in [1.29, 1.82) is 0 Å². The molecule has 0 aliphatic carbocycles. The molecule has 6 heterocycles. The van der Waals surface area contributed by atoms with Crippen LogP contribution in [0.5, 0.6) is 0 Å². The predicted molar refractivity (Wildman–Crippen MR) is 167 cm³/mol. The van der Waals surface area contributed by atoms with Crippen LogP contribution in [0.25, 0.3) is 22.2 Å². The van der Waals surface area contributed by atoms with Crippen molar-refractivity contribution >= 4 is 46.1 Å². The molecule has 0 bridgehead atoms. The Morgan fingerprint density at radius 2 is 1.84 bits per heavy atom. The molecule has 11 heteroatoms. The van der Waals surface area contributed by atoms with Crippen molar-refractivity contribution in [2.24, 2.45) is 7.05 Å². The number of nitrogens with zero attached hydrogens (tertiary/aromatic N) is 6. The number of pyridine rings is 2. The van der Waals surface area contributed by atoms with Gasteiger partial charge in [-0.3, -0.25) is 9.59 Å². The molecule has 3 amide bonds. The van der Waals surface area contributed by atoms with E-state index in [0.717, 1.165) is 63.4 Å². The van der Waals surface area contributed by atoms with Gasteiger partial charge >= 0.3 is 6.09 Å². The first-order valence-electron chi connectivity index (χ1n) is 14.9. The van der Waals surface area contributed by atoms with Crippen molar-refractivity contribution < 1.29 is 19.1 Å². The maximum Gasteiger partial charge on any atom is 0.417 e. The number of likely N-dealkylation sites (N-methyl/N-ethyl adjacent to an activating group) is 1. The Bertz CT molecular complexity index is 1860. The molecule has 1 saturated heterocycles. The van der Waals surface area contributed by atoms with Crippen LogP contribution in [-0.2, 0) is 29.7 Å². The summed E-state index contributed by atoms with van der Waals surface area (Å²) in [7, 11) is 3.75. The summed E-state index contributed by atoms with van der Waals surface area (Å²) in [5.41, 5.74) is 5.27. The minimum Gasteiger partial charge on any atom is -0.443 e. The summed E-state index contributed by atoms with van der Waals surface area (Å²) in [6.45, 7) is 6.62. The lowest BCUT2D eigenvalue weighted by Gasteiger charge is -2.25. The molecule has 3 aromatic heterocycles. The van der Waals surface area contributed by atoms with Crippen LogP contribution in [0.2, 0.25) is 0 Å². The van der Waals surface area contributed by atoms with Crippen LogP contribution >= 0.6 is 0 Å². The molecule has 1 atom stereocenters. The highest BCUT2D eigenvalue weighted by Gasteiger charge is 2.40. The van der Waals surface area contributed by atoms with Crippen molar-refractivity contribution in [2.75, 3.05) is 23.8 Å². The van der Waals surface area contributed by atoms with E-state index in [4.69, 9.17) is 9.72 Å². The van der Waals surface area contributed by atoms with E-state index >= 15 is 0 Å². The highest BCUT2D eigenvalue weighted by Crippen LogP contribution is 2.41. The van der Waals surface area contributed by atoms with Crippen LogP contribution in [0.15, 0.2) is 48.8 Å². The molecule has 0 saturated carbocycles. The quantitative estimate of drug-likeness (QED) is 0.345. The fourth-order valence-electron chi connectivity index (χ4n) is 6.59. The number of carbonyl (C=O) groups excluding carboxylic acids is 3. The number of imide groups is 1. The molecule has 4 aromatic rings. The molecule has 3 aliphatic rings. The second-order valence-electron chi connectivity index (χ2n) is 12.7. The number of ether oxygens (including phenoxy) is 1. The molecule has 0 unspecified atom stereocenters. The predicted octanol–water partition coefficient (Wildman–Crippen LogP) is 5.21. The number of nitrogens with one attached hydrogen (secondary N) is 1. The number of rotatable bonds is 3. The van der Waals surface area contributed by atoms with Gasteiger partial charge in [-0.25, -0.2) is 19.7 Å². The summed E-state index contributed by atoms with van der Waals surface area (Å²) >= 11 is 0. The number of hydrogen-bond donors (Lipinski definition) is 1. The second-order valence-corrected chi connectivity index (χ2v) is 12.7. The van der Waals surface area contributed by atoms with E-state index in [2.05, 4.69) is 15.2 Å². The van der Waals surface area contributed by atoms with E-state index < -0.39 is 17.6 Å². The van der Waals surface area contributed by atoms with E-state index in [1.54, 1.807) is 31.9 Å². The van der Waals surface area contributed by atoms with Crippen molar-refractivity contribution in [3.05, 3.63) is 65.6 Å². The van der Waals surface area contributed by atoms with Gasteiger partial charge in [0.15, 0.2) is 0 Å². The number of aryl methyl sites for hydroxylation is 1. The zero-order valence-electron chi connectivity index (χ0n) is 25.5. The second kappa shape index (κ2) is 10.1. The highest BCUT2D eigenvalue weighted by atomic mass is 16.6. The Morgan fingerprint density at radius 1 is 1.02 bits per heavy atom. The molecule has 226 valence electrons. The van der Waals surface area contributed by atoms with Gasteiger partial charge in [0, 0.05) is 38.4 Å². The zero-order chi connectivity index (χ0) is 30.9. The average Bonchev–Trinajstić information content (AvgIpc) is 3.68. The van der Waals surface area contributed by atoms with Crippen LogP contribution in [0.4, 0.5) is 22.0 Å². The molecule has 44 heavy (non-hydrogen) atoms. The van der Waals surface area contributed by atoms with Gasteiger partial charge in [-0.1, -0.05) is 6.07 Å². The lowest BCUT2D eigenvalue weighted by molar-refractivity contribution is -0.131. The van der Waals surface area contributed by atoms with E-state index in [1.165, 1.54) is 0 Å². The van der Waals surface area contributed by atoms with Gasteiger partial charge in [-0.15, -0.1) is 0 Å². The average molecular weight is 594 g/mol. The van der Waals surface area contributed by atoms with Crippen molar-refractivity contribution in [1.82, 2.24) is 24.3 Å². The van der Waals surface area contributed by atoms with Crippen molar-refractivity contribution in [2.45, 2.75) is 58.3 Å². The first-order valence-corrected chi connectivity index (χ1v) is 14.9. The van der Waals surface area contributed by atoms with Crippen LogP contribution in [0, 0.1) is 0 Å². The lowest BCUT2D eigenvalue weighted by Crippen LogP contribution is -2.41. The summed E-state index contributed by atoms with van der Waals surface area (Å²) in [4.78, 5) is 54.7. The first-order chi connectivity index (χ1) is 21.0. The summed E-state index contributed by atoms with van der Waals surface area (Å²) in [5.74, 6) is 0.229. The Hall–Kier alpha value is -4.93. The van der Waals surface area contributed by atoms with Gasteiger partial charge in [-0.05, 0) is 80.6 Å². The van der Waals surface area contributed by atoms with E-state index in [-0.39, 0.29) is 18.5 Å². The van der Waals surface area contributed by atoms with Gasteiger partial charge in [-0.2, -0.15) is 0 Å². The van der Waals surface area contributed by atoms with Crippen molar-refractivity contribution in [3.63, 3.8) is 0 Å². The number of hydrogen-bond acceptors (Lipinski definition) is 8. The van der Waals surface area contributed by atoms with E-state index in [9.17, 15) is 14.4 Å². The first kappa shape index (κ1) is 27.9. The minimum absolute atomic E-state index is 0.0749. The molecular formula is C33H35N7O4. The highest BCUT2D eigenvalue weighted by molar-refractivity contribution is 6.12. The molecule has 3 aliphatic heterocycles.